The van der Waals surface area contributed by atoms with E-state index >= 15 is 0 Å². The highest BCUT2D eigenvalue weighted by molar-refractivity contribution is 6.30. The van der Waals surface area contributed by atoms with Crippen molar-refractivity contribution in [3.8, 4) is 18.0 Å². The van der Waals surface area contributed by atoms with E-state index in [1.807, 2.05) is 0 Å². The minimum atomic E-state index is -1.03. The number of carbonyl (C=O) groups is 2. The molecule has 0 bridgehead atoms. The fraction of sp³-hybridized carbons (Fsp3) is 0.143. The molecule has 9 heteroatoms. The van der Waals surface area contributed by atoms with Gasteiger partial charge in [-0.1, -0.05) is 22.9 Å². The number of benzene rings is 1. The van der Waals surface area contributed by atoms with Crippen LogP contribution in [0.2, 0.25) is 5.02 Å². The Kier molecular flexibility index (Phi) is 4.93. The van der Waals surface area contributed by atoms with Gasteiger partial charge in [-0.2, -0.15) is 0 Å². The smallest absolute Gasteiger partial charge is 0.274 e. The average Bonchev–Trinajstić information content (AvgIpc) is 2.99. The summed E-state index contributed by atoms with van der Waals surface area (Å²) in [5, 5.41) is 9.52. The van der Waals surface area contributed by atoms with E-state index in [1.165, 1.54) is 24.4 Å². The number of rotatable bonds is 5. The summed E-state index contributed by atoms with van der Waals surface area (Å²) in [5.74, 6) is 0.0451. The molecule has 1 atom stereocenters. The largest absolute Gasteiger partial charge is 0.368 e. The zero-order valence-electron chi connectivity index (χ0n) is 11.7. The maximum absolute atomic E-state index is 13.9. The first-order chi connectivity index (χ1) is 10.9. The second-order valence-electron chi connectivity index (χ2n) is 4.46. The van der Waals surface area contributed by atoms with Gasteiger partial charge in [-0.05, 0) is 12.1 Å². The highest BCUT2D eigenvalue weighted by atomic mass is 35.5. The number of primary amides is 1. The molecule has 2 rings (SSSR count). The van der Waals surface area contributed by atoms with Gasteiger partial charge >= 0.3 is 0 Å². The Hall–Kier alpha value is -2.92. The molecule has 1 aromatic carbocycles. The lowest BCUT2D eigenvalue weighted by molar-refractivity contribution is -0.119. The number of aromatic nitrogens is 3. The lowest BCUT2D eigenvalue weighted by Crippen LogP contribution is -2.44. The Bertz CT molecular complexity index is 799. The van der Waals surface area contributed by atoms with Crippen molar-refractivity contribution in [1.29, 1.82) is 0 Å². The number of hydrogen-bond donors (Lipinski definition) is 2. The van der Waals surface area contributed by atoms with Crippen molar-refractivity contribution < 1.29 is 14.0 Å². The summed E-state index contributed by atoms with van der Waals surface area (Å²) >= 11 is 5.69. The molecule has 3 N–H and O–H groups in total. The molecule has 0 saturated carbocycles. The van der Waals surface area contributed by atoms with Crippen LogP contribution in [0, 0.1) is 18.2 Å². The van der Waals surface area contributed by atoms with Crippen molar-refractivity contribution in [2.45, 2.75) is 12.5 Å². The standard InChI is InChI=1S/C14H11ClFN5O2/c1-2-4-9(13(17)22)18-14(23)10-7-21(20-19-10)11-6-3-5-8(15)12(11)16/h1,3,5-7,9H,4H2,(H2,17,22)(H,18,23). The van der Waals surface area contributed by atoms with Crippen LogP contribution in [0.15, 0.2) is 24.4 Å². The van der Waals surface area contributed by atoms with Crippen LogP contribution in [0.5, 0.6) is 0 Å². The fourth-order valence-electron chi connectivity index (χ4n) is 1.73. The first-order valence-corrected chi connectivity index (χ1v) is 6.72. The van der Waals surface area contributed by atoms with Crippen LogP contribution in [0.3, 0.4) is 0 Å². The maximum atomic E-state index is 13.9. The van der Waals surface area contributed by atoms with Gasteiger partial charge in [-0.25, -0.2) is 9.07 Å². The lowest BCUT2D eigenvalue weighted by atomic mass is 10.2. The van der Waals surface area contributed by atoms with E-state index < -0.39 is 23.7 Å². The third kappa shape index (κ3) is 3.64. The molecule has 0 spiro atoms. The van der Waals surface area contributed by atoms with Crippen molar-refractivity contribution in [3.63, 3.8) is 0 Å². The number of hydrogen-bond acceptors (Lipinski definition) is 4. The first-order valence-electron chi connectivity index (χ1n) is 6.34. The molecule has 7 nitrogen and oxygen atoms in total. The van der Waals surface area contributed by atoms with Crippen molar-refractivity contribution in [2.24, 2.45) is 5.73 Å². The molecule has 118 valence electrons. The number of halogens is 2. The number of nitrogens with two attached hydrogens (primary N) is 1. The zero-order valence-corrected chi connectivity index (χ0v) is 12.4. The summed E-state index contributed by atoms with van der Waals surface area (Å²) in [6.45, 7) is 0. The number of terminal acetylenes is 1. The normalized spacial score (nSPS) is 11.5. The third-order valence-electron chi connectivity index (χ3n) is 2.87. The van der Waals surface area contributed by atoms with Gasteiger partial charge in [-0.3, -0.25) is 9.59 Å². The molecule has 0 aliphatic carbocycles. The topological polar surface area (TPSA) is 103 Å². The van der Waals surface area contributed by atoms with E-state index in [0.717, 1.165) is 4.68 Å². The number of amides is 2. The molecular weight excluding hydrogens is 325 g/mol. The summed E-state index contributed by atoms with van der Waals surface area (Å²) in [5.41, 5.74) is 5.02. The minimum Gasteiger partial charge on any atom is -0.368 e. The Morgan fingerprint density at radius 2 is 2.26 bits per heavy atom. The molecule has 1 heterocycles. The van der Waals surface area contributed by atoms with E-state index in [1.54, 1.807) is 0 Å². The Morgan fingerprint density at radius 3 is 2.91 bits per heavy atom. The maximum Gasteiger partial charge on any atom is 0.274 e. The van der Waals surface area contributed by atoms with Crippen LogP contribution in [0.1, 0.15) is 16.9 Å². The summed E-state index contributed by atoms with van der Waals surface area (Å²) in [4.78, 5) is 23.2. The van der Waals surface area contributed by atoms with E-state index in [9.17, 15) is 14.0 Å². The quantitative estimate of drug-likeness (QED) is 0.784. The highest BCUT2D eigenvalue weighted by Gasteiger charge is 2.20. The highest BCUT2D eigenvalue weighted by Crippen LogP contribution is 2.20. The number of carbonyl (C=O) groups excluding carboxylic acids is 2. The third-order valence-corrected chi connectivity index (χ3v) is 3.17. The Labute approximate surface area is 135 Å². The van der Waals surface area contributed by atoms with Crippen LogP contribution in [-0.4, -0.2) is 32.9 Å². The van der Waals surface area contributed by atoms with Gasteiger partial charge in [0.05, 0.1) is 11.2 Å². The van der Waals surface area contributed by atoms with Crippen molar-refractivity contribution in [1.82, 2.24) is 20.3 Å². The Morgan fingerprint density at radius 1 is 1.52 bits per heavy atom. The lowest BCUT2D eigenvalue weighted by Gasteiger charge is -2.10. The average molecular weight is 336 g/mol. The molecule has 1 unspecified atom stereocenters. The van der Waals surface area contributed by atoms with E-state index in [-0.39, 0.29) is 22.8 Å². The van der Waals surface area contributed by atoms with Gasteiger partial charge in [0.25, 0.3) is 5.91 Å². The van der Waals surface area contributed by atoms with Gasteiger partial charge in [0.1, 0.15) is 11.7 Å². The van der Waals surface area contributed by atoms with Crippen LogP contribution in [-0.2, 0) is 4.79 Å². The summed E-state index contributed by atoms with van der Waals surface area (Å²) < 4.78 is 15.0. The van der Waals surface area contributed by atoms with Crippen molar-refractivity contribution in [2.75, 3.05) is 0 Å². The second-order valence-corrected chi connectivity index (χ2v) is 4.87. The number of nitrogens with one attached hydrogen (secondary N) is 1. The van der Waals surface area contributed by atoms with E-state index in [2.05, 4.69) is 21.5 Å². The Balaban J connectivity index is 2.22. The predicted octanol–water partition coefficient (Wildman–Crippen LogP) is 0.667. The van der Waals surface area contributed by atoms with Crippen molar-refractivity contribution in [3.05, 3.63) is 40.9 Å². The molecular formula is C14H11ClFN5O2. The SMILES string of the molecule is C#CCC(NC(=O)c1cn(-c2cccc(Cl)c2F)nn1)C(N)=O. The minimum absolute atomic E-state index is 0.0270. The molecule has 23 heavy (non-hydrogen) atoms. The van der Waals surface area contributed by atoms with Crippen LogP contribution in [0.25, 0.3) is 5.69 Å². The summed E-state index contributed by atoms with van der Waals surface area (Å²) in [6, 6.07) is 3.29. The van der Waals surface area contributed by atoms with Gasteiger partial charge in [0.2, 0.25) is 5.91 Å². The molecule has 0 radical (unpaired) electrons. The van der Waals surface area contributed by atoms with Gasteiger partial charge in [0.15, 0.2) is 11.5 Å². The molecule has 2 aromatic rings. The van der Waals surface area contributed by atoms with E-state index in [0.29, 0.717) is 0 Å². The van der Waals surface area contributed by atoms with Gasteiger partial charge in [-0.15, -0.1) is 17.4 Å². The van der Waals surface area contributed by atoms with Crippen LogP contribution >= 0.6 is 11.6 Å². The summed E-state index contributed by atoms with van der Waals surface area (Å²) in [6.07, 6.45) is 6.23. The molecule has 0 aliphatic rings. The van der Waals surface area contributed by atoms with E-state index in [4.69, 9.17) is 23.8 Å². The zero-order chi connectivity index (χ0) is 17.0. The first kappa shape index (κ1) is 16.5. The van der Waals surface area contributed by atoms with Gasteiger partial charge < -0.3 is 11.1 Å². The molecule has 0 fully saturated rings. The molecule has 0 saturated heterocycles. The fourth-order valence-corrected chi connectivity index (χ4v) is 1.90. The van der Waals surface area contributed by atoms with Crippen LogP contribution < -0.4 is 11.1 Å². The molecule has 0 aliphatic heterocycles. The van der Waals surface area contributed by atoms with Gasteiger partial charge in [0, 0.05) is 6.42 Å². The number of nitrogens with zero attached hydrogens (tertiary/aromatic N) is 3. The van der Waals surface area contributed by atoms with Crippen molar-refractivity contribution >= 4 is 23.4 Å². The molecule has 2 amide bonds. The summed E-state index contributed by atoms with van der Waals surface area (Å²) in [7, 11) is 0. The second kappa shape index (κ2) is 6.89. The predicted molar refractivity (Wildman–Crippen MR) is 80.2 cm³/mol. The van der Waals surface area contributed by atoms with Crippen LogP contribution in [0.4, 0.5) is 4.39 Å². The molecule has 1 aromatic heterocycles. The monoisotopic (exact) mass is 335 g/mol.